The predicted octanol–water partition coefficient (Wildman–Crippen LogP) is 6.14. The molecule has 0 saturated carbocycles. The van der Waals surface area contributed by atoms with Crippen molar-refractivity contribution >= 4 is 23.2 Å². The van der Waals surface area contributed by atoms with Crippen LogP contribution in [-0.2, 0) is 17.8 Å². The lowest BCUT2D eigenvalue weighted by molar-refractivity contribution is -0.118. The van der Waals surface area contributed by atoms with Crippen LogP contribution in [0.2, 0.25) is 0 Å². The Morgan fingerprint density at radius 3 is 2.71 bits per heavy atom. The van der Waals surface area contributed by atoms with E-state index >= 15 is 0 Å². The first-order valence-corrected chi connectivity index (χ1v) is 14.6. The Kier molecular flexibility index (Phi) is 8.82. The van der Waals surface area contributed by atoms with E-state index in [-0.39, 0.29) is 11.8 Å². The van der Waals surface area contributed by atoms with Gasteiger partial charge >= 0.3 is 0 Å². The van der Waals surface area contributed by atoms with Gasteiger partial charge < -0.3 is 15.5 Å². The molecule has 2 amide bonds. The zero-order valence-electron chi connectivity index (χ0n) is 24.2. The fourth-order valence-electron chi connectivity index (χ4n) is 5.54. The van der Waals surface area contributed by atoms with Gasteiger partial charge in [0.25, 0.3) is 5.91 Å². The molecule has 2 heterocycles. The lowest BCUT2D eigenvalue weighted by Gasteiger charge is -2.31. The number of hydrogen-bond donors (Lipinski definition) is 2. The van der Waals surface area contributed by atoms with E-state index in [2.05, 4.69) is 59.9 Å². The van der Waals surface area contributed by atoms with Crippen LogP contribution in [0.1, 0.15) is 58.8 Å². The highest BCUT2D eigenvalue weighted by Crippen LogP contribution is 2.36. The zero-order valence-corrected chi connectivity index (χ0v) is 24.2. The Labute approximate surface area is 242 Å². The summed E-state index contributed by atoms with van der Waals surface area (Å²) in [5, 5.41) is 11.0. The van der Waals surface area contributed by atoms with Crippen molar-refractivity contribution in [3.05, 3.63) is 101 Å². The predicted molar refractivity (Wildman–Crippen MR) is 166 cm³/mol. The first kappa shape index (κ1) is 28.1. The number of rotatable bonds is 10. The molecule has 0 fully saturated rings. The van der Waals surface area contributed by atoms with Gasteiger partial charge in [0.1, 0.15) is 0 Å². The van der Waals surface area contributed by atoms with Crippen LogP contribution < -0.4 is 15.5 Å². The lowest BCUT2D eigenvalue weighted by atomic mass is 9.93. The third-order valence-electron chi connectivity index (χ3n) is 7.85. The summed E-state index contributed by atoms with van der Waals surface area (Å²) < 4.78 is 1.90. The number of fused-ring (bicyclic) bond motifs is 1. The molecule has 1 aliphatic rings. The van der Waals surface area contributed by atoms with E-state index in [1.165, 1.54) is 16.7 Å². The minimum atomic E-state index is -0.0665. The van der Waals surface area contributed by atoms with E-state index in [0.29, 0.717) is 25.1 Å². The van der Waals surface area contributed by atoms with Crippen molar-refractivity contribution in [2.75, 3.05) is 29.9 Å². The molecule has 1 aromatic heterocycles. The molecule has 0 unspecified atom stereocenters. The largest absolute Gasteiger partial charge is 0.385 e. The number of aromatic nitrogens is 2. The Morgan fingerprint density at radius 2 is 1.85 bits per heavy atom. The average molecular weight is 550 g/mol. The summed E-state index contributed by atoms with van der Waals surface area (Å²) >= 11 is 0. The van der Waals surface area contributed by atoms with Crippen molar-refractivity contribution in [2.45, 2.75) is 53.0 Å². The first-order valence-electron chi connectivity index (χ1n) is 14.6. The van der Waals surface area contributed by atoms with Crippen molar-refractivity contribution in [3.8, 4) is 11.1 Å². The van der Waals surface area contributed by atoms with E-state index in [9.17, 15) is 9.59 Å². The SMILES string of the molecule is CCNC(=O)c1cccc(Cn2cc(-c3cccc4c3CCCN4C(=O)CCCNc3cccc(C)c3C)cn2)c1. The zero-order chi connectivity index (χ0) is 28.8. The van der Waals surface area contributed by atoms with Gasteiger partial charge in [0.15, 0.2) is 0 Å². The molecule has 0 atom stereocenters. The number of nitrogens with zero attached hydrogens (tertiary/aromatic N) is 3. The van der Waals surface area contributed by atoms with Crippen LogP contribution in [0.4, 0.5) is 11.4 Å². The Bertz CT molecular complexity index is 1540. The number of amides is 2. The molecule has 212 valence electrons. The first-order chi connectivity index (χ1) is 19.9. The van der Waals surface area contributed by atoms with Crippen LogP contribution >= 0.6 is 0 Å². The van der Waals surface area contributed by atoms with Gasteiger partial charge in [0.05, 0.1) is 12.7 Å². The monoisotopic (exact) mass is 549 g/mol. The van der Waals surface area contributed by atoms with Crippen molar-refractivity contribution in [1.29, 1.82) is 0 Å². The smallest absolute Gasteiger partial charge is 0.251 e. The average Bonchev–Trinajstić information content (AvgIpc) is 3.45. The summed E-state index contributed by atoms with van der Waals surface area (Å²) in [7, 11) is 0. The summed E-state index contributed by atoms with van der Waals surface area (Å²) in [5.74, 6) is 0.108. The van der Waals surface area contributed by atoms with Crippen LogP contribution in [0.15, 0.2) is 73.1 Å². The topological polar surface area (TPSA) is 79.3 Å². The molecule has 0 spiro atoms. The van der Waals surface area contributed by atoms with E-state index in [4.69, 9.17) is 0 Å². The molecule has 7 nitrogen and oxygen atoms in total. The quantitative estimate of drug-likeness (QED) is 0.233. The minimum absolute atomic E-state index is 0.0665. The number of anilines is 2. The standard InChI is InChI=1S/C34H39N5O2/c1-4-35-34(41)27-12-6-11-26(20-27)22-38-23-28(21-37-38)29-13-7-16-32-30(29)14-9-19-39(32)33(40)17-8-18-36-31-15-5-10-24(2)25(31)3/h5-7,10-13,15-16,20-21,23,36H,4,8-9,14,17-19,22H2,1-3H3,(H,35,41). The van der Waals surface area contributed by atoms with E-state index in [1.807, 2.05) is 59.2 Å². The number of nitrogens with one attached hydrogen (secondary N) is 2. The van der Waals surface area contributed by atoms with Crippen LogP contribution in [0.25, 0.3) is 11.1 Å². The number of carbonyl (C=O) groups excluding carboxylic acids is 2. The van der Waals surface area contributed by atoms with Gasteiger partial charge in [-0.1, -0.05) is 36.4 Å². The van der Waals surface area contributed by atoms with Crippen molar-refractivity contribution in [3.63, 3.8) is 0 Å². The van der Waals surface area contributed by atoms with Gasteiger partial charge in [-0.25, -0.2) is 0 Å². The maximum absolute atomic E-state index is 13.3. The maximum atomic E-state index is 13.3. The maximum Gasteiger partial charge on any atom is 0.251 e. The summed E-state index contributed by atoms with van der Waals surface area (Å²) in [6, 6.07) is 20.2. The Hall–Kier alpha value is -4.39. The number of benzene rings is 3. The second kappa shape index (κ2) is 12.9. The highest BCUT2D eigenvalue weighted by Gasteiger charge is 2.24. The molecule has 7 heteroatoms. The van der Waals surface area contributed by atoms with Crippen LogP contribution in [0, 0.1) is 13.8 Å². The van der Waals surface area contributed by atoms with Crippen molar-refractivity contribution < 1.29 is 9.59 Å². The molecule has 0 saturated heterocycles. The Morgan fingerprint density at radius 1 is 1.02 bits per heavy atom. The second-order valence-electron chi connectivity index (χ2n) is 10.7. The van der Waals surface area contributed by atoms with Gasteiger partial charge in [0.2, 0.25) is 5.91 Å². The van der Waals surface area contributed by atoms with Crippen molar-refractivity contribution in [1.82, 2.24) is 15.1 Å². The van der Waals surface area contributed by atoms with Gasteiger partial charge in [-0.05, 0) is 92.1 Å². The Balaban J connectivity index is 1.25. The molecule has 5 rings (SSSR count). The summed E-state index contributed by atoms with van der Waals surface area (Å²) in [4.78, 5) is 27.5. The molecule has 2 N–H and O–H groups in total. The summed E-state index contributed by atoms with van der Waals surface area (Å²) in [6.07, 6.45) is 7.11. The van der Waals surface area contributed by atoms with Crippen LogP contribution in [0.5, 0.6) is 0 Å². The highest BCUT2D eigenvalue weighted by atomic mass is 16.2. The van der Waals surface area contributed by atoms with E-state index in [1.54, 1.807) is 0 Å². The van der Waals surface area contributed by atoms with Crippen LogP contribution in [-0.4, -0.2) is 41.2 Å². The molecular weight excluding hydrogens is 510 g/mol. The molecule has 0 bridgehead atoms. The van der Waals surface area contributed by atoms with E-state index in [0.717, 1.165) is 60.4 Å². The lowest BCUT2D eigenvalue weighted by Crippen LogP contribution is -2.35. The van der Waals surface area contributed by atoms with Gasteiger partial charge in [-0.15, -0.1) is 0 Å². The second-order valence-corrected chi connectivity index (χ2v) is 10.7. The summed E-state index contributed by atoms with van der Waals surface area (Å²) in [5.41, 5.74) is 9.72. The molecular formula is C34H39N5O2. The molecule has 4 aromatic rings. The highest BCUT2D eigenvalue weighted by molar-refractivity contribution is 5.96. The molecule has 41 heavy (non-hydrogen) atoms. The van der Waals surface area contributed by atoms with Gasteiger partial charge in [0, 0.05) is 54.8 Å². The van der Waals surface area contributed by atoms with Gasteiger partial charge in [-0.3, -0.25) is 14.3 Å². The van der Waals surface area contributed by atoms with E-state index < -0.39 is 0 Å². The third-order valence-corrected chi connectivity index (χ3v) is 7.85. The minimum Gasteiger partial charge on any atom is -0.385 e. The number of hydrogen-bond acceptors (Lipinski definition) is 4. The summed E-state index contributed by atoms with van der Waals surface area (Å²) in [6.45, 7) is 8.84. The van der Waals surface area contributed by atoms with Crippen LogP contribution in [0.3, 0.4) is 0 Å². The number of aryl methyl sites for hydroxylation is 1. The molecule has 0 aliphatic carbocycles. The third kappa shape index (κ3) is 6.51. The molecule has 0 radical (unpaired) electrons. The number of carbonyl (C=O) groups is 2. The molecule has 3 aromatic carbocycles. The normalized spacial score (nSPS) is 12.6. The fourth-order valence-corrected chi connectivity index (χ4v) is 5.54. The van der Waals surface area contributed by atoms with Gasteiger partial charge in [-0.2, -0.15) is 5.10 Å². The molecule has 1 aliphatic heterocycles. The fraction of sp³-hybridized carbons (Fsp3) is 0.324. The van der Waals surface area contributed by atoms with Crippen molar-refractivity contribution in [2.24, 2.45) is 0 Å².